The average molecular weight is 329 g/mol. The molecule has 0 bridgehead atoms. The Labute approximate surface area is 137 Å². The number of benzene rings is 2. The summed E-state index contributed by atoms with van der Waals surface area (Å²) in [5.74, 6) is -3.12. The predicted molar refractivity (Wildman–Crippen MR) is 84.2 cm³/mol. The van der Waals surface area contributed by atoms with E-state index in [1.54, 1.807) is 12.1 Å². The minimum Gasteiger partial charge on any atom is -0.320 e. The molecule has 0 saturated carbocycles. The lowest BCUT2D eigenvalue weighted by molar-refractivity contribution is -0.120. The summed E-state index contributed by atoms with van der Waals surface area (Å²) < 4.78 is 27.1. The number of hydrogen-bond donors (Lipinski definition) is 1. The maximum atomic E-state index is 13.6. The van der Waals surface area contributed by atoms with Gasteiger partial charge in [0.15, 0.2) is 0 Å². The standard InChI is InChI=1S/C17H13F2N3O2/c1-11(23)22(15-8-3-2-5-12(15)9-20)10-16(24)21-17-13(18)6-4-7-14(17)19/h2-8H,10H2,1H3,(H,21,24). The molecule has 2 rings (SSSR count). The molecule has 0 atom stereocenters. The van der Waals surface area contributed by atoms with Gasteiger partial charge in [-0.25, -0.2) is 8.78 Å². The van der Waals surface area contributed by atoms with Crippen LogP contribution >= 0.6 is 0 Å². The number of para-hydroxylation sites is 2. The predicted octanol–water partition coefficient (Wildman–Crippen LogP) is 2.83. The van der Waals surface area contributed by atoms with E-state index in [9.17, 15) is 18.4 Å². The number of carbonyl (C=O) groups is 2. The fourth-order valence-electron chi connectivity index (χ4n) is 2.11. The molecule has 0 aliphatic carbocycles. The Morgan fingerprint density at radius 2 is 1.75 bits per heavy atom. The number of nitriles is 1. The van der Waals surface area contributed by atoms with Gasteiger partial charge >= 0.3 is 0 Å². The number of anilines is 2. The maximum absolute atomic E-state index is 13.6. The molecule has 0 radical (unpaired) electrons. The van der Waals surface area contributed by atoms with Gasteiger partial charge in [-0.1, -0.05) is 18.2 Å². The van der Waals surface area contributed by atoms with Crippen molar-refractivity contribution in [1.29, 1.82) is 5.26 Å². The summed E-state index contributed by atoms with van der Waals surface area (Å²) in [7, 11) is 0. The molecule has 0 heterocycles. The van der Waals surface area contributed by atoms with Crippen LogP contribution < -0.4 is 10.2 Å². The van der Waals surface area contributed by atoms with E-state index in [-0.39, 0.29) is 11.3 Å². The van der Waals surface area contributed by atoms with Crippen LogP contribution in [0.2, 0.25) is 0 Å². The second-order valence-electron chi connectivity index (χ2n) is 4.88. The Hall–Kier alpha value is -3.27. The molecule has 0 saturated heterocycles. The molecule has 2 aromatic rings. The first-order valence-corrected chi connectivity index (χ1v) is 6.95. The fourth-order valence-corrected chi connectivity index (χ4v) is 2.11. The maximum Gasteiger partial charge on any atom is 0.244 e. The lowest BCUT2D eigenvalue weighted by Gasteiger charge is -2.21. The zero-order valence-corrected chi connectivity index (χ0v) is 12.7. The highest BCUT2D eigenvalue weighted by Gasteiger charge is 2.20. The van der Waals surface area contributed by atoms with Gasteiger partial charge in [-0.3, -0.25) is 9.59 Å². The van der Waals surface area contributed by atoms with Gasteiger partial charge in [0.25, 0.3) is 0 Å². The number of hydrogen-bond acceptors (Lipinski definition) is 3. The average Bonchev–Trinajstić information content (AvgIpc) is 2.56. The number of carbonyl (C=O) groups excluding carboxylic acids is 2. The van der Waals surface area contributed by atoms with Crippen molar-refractivity contribution in [1.82, 2.24) is 0 Å². The summed E-state index contributed by atoms with van der Waals surface area (Å²) in [6, 6.07) is 11.4. The Bertz CT molecular complexity index is 811. The fraction of sp³-hybridized carbons (Fsp3) is 0.118. The lowest BCUT2D eigenvalue weighted by Crippen LogP contribution is -2.37. The highest BCUT2D eigenvalue weighted by molar-refractivity contribution is 6.02. The number of amides is 2. The van der Waals surface area contributed by atoms with Crippen LogP contribution in [0.5, 0.6) is 0 Å². The number of rotatable bonds is 4. The van der Waals surface area contributed by atoms with Crippen LogP contribution in [0.15, 0.2) is 42.5 Å². The normalized spacial score (nSPS) is 9.92. The van der Waals surface area contributed by atoms with Crippen LogP contribution in [0.3, 0.4) is 0 Å². The molecule has 2 aromatic carbocycles. The third kappa shape index (κ3) is 3.73. The summed E-state index contributed by atoms with van der Waals surface area (Å²) in [6.45, 7) is 0.743. The molecule has 0 aromatic heterocycles. The third-order valence-electron chi connectivity index (χ3n) is 3.22. The van der Waals surface area contributed by atoms with Gasteiger partial charge in [0.1, 0.15) is 29.9 Å². The van der Waals surface area contributed by atoms with E-state index in [4.69, 9.17) is 5.26 Å². The van der Waals surface area contributed by atoms with Crippen molar-refractivity contribution in [3.63, 3.8) is 0 Å². The van der Waals surface area contributed by atoms with Gasteiger partial charge in [0, 0.05) is 6.92 Å². The van der Waals surface area contributed by atoms with Crippen molar-refractivity contribution >= 4 is 23.2 Å². The van der Waals surface area contributed by atoms with Gasteiger partial charge in [0.2, 0.25) is 11.8 Å². The SMILES string of the molecule is CC(=O)N(CC(=O)Nc1c(F)cccc1F)c1ccccc1C#N. The molecule has 5 nitrogen and oxygen atoms in total. The lowest BCUT2D eigenvalue weighted by atomic mass is 10.1. The summed E-state index contributed by atoms with van der Waals surface area (Å²) >= 11 is 0. The van der Waals surface area contributed by atoms with E-state index in [0.29, 0.717) is 0 Å². The minimum absolute atomic E-state index is 0.206. The zero-order chi connectivity index (χ0) is 17.7. The largest absolute Gasteiger partial charge is 0.320 e. The van der Waals surface area contributed by atoms with E-state index in [0.717, 1.165) is 17.0 Å². The van der Waals surface area contributed by atoms with Crippen LogP contribution in [-0.2, 0) is 9.59 Å². The molecule has 7 heteroatoms. The zero-order valence-electron chi connectivity index (χ0n) is 12.7. The van der Waals surface area contributed by atoms with Crippen LogP contribution in [0.4, 0.5) is 20.2 Å². The first-order chi connectivity index (χ1) is 11.4. The van der Waals surface area contributed by atoms with E-state index >= 15 is 0 Å². The second kappa shape index (κ2) is 7.33. The molecular formula is C17H13F2N3O2. The van der Waals surface area contributed by atoms with Gasteiger partial charge < -0.3 is 10.2 Å². The van der Waals surface area contributed by atoms with Crippen LogP contribution in [0, 0.1) is 23.0 Å². The molecule has 0 aliphatic rings. The van der Waals surface area contributed by atoms with Crippen LogP contribution in [0.25, 0.3) is 0 Å². The van der Waals surface area contributed by atoms with Crippen LogP contribution in [0.1, 0.15) is 12.5 Å². The second-order valence-corrected chi connectivity index (χ2v) is 4.88. The summed E-state index contributed by atoms with van der Waals surface area (Å²) in [4.78, 5) is 25.0. The molecular weight excluding hydrogens is 316 g/mol. The van der Waals surface area contributed by atoms with Crippen molar-refractivity contribution < 1.29 is 18.4 Å². The molecule has 122 valence electrons. The van der Waals surface area contributed by atoms with Crippen molar-refractivity contribution in [3.8, 4) is 6.07 Å². The molecule has 1 N–H and O–H groups in total. The molecule has 2 amide bonds. The minimum atomic E-state index is -0.921. The Balaban J connectivity index is 2.24. The smallest absolute Gasteiger partial charge is 0.244 e. The Kier molecular flexibility index (Phi) is 5.22. The van der Waals surface area contributed by atoms with Crippen molar-refractivity contribution in [2.75, 3.05) is 16.8 Å². The molecule has 0 spiro atoms. The first-order valence-electron chi connectivity index (χ1n) is 6.95. The van der Waals surface area contributed by atoms with E-state index in [2.05, 4.69) is 5.32 Å². The Morgan fingerprint density at radius 3 is 2.33 bits per heavy atom. The van der Waals surface area contributed by atoms with Gasteiger partial charge in [-0.15, -0.1) is 0 Å². The van der Waals surface area contributed by atoms with E-state index in [1.807, 2.05) is 6.07 Å². The monoisotopic (exact) mass is 329 g/mol. The highest BCUT2D eigenvalue weighted by Crippen LogP contribution is 2.21. The quantitative estimate of drug-likeness (QED) is 0.937. The van der Waals surface area contributed by atoms with Gasteiger partial charge in [-0.05, 0) is 24.3 Å². The molecule has 0 unspecified atom stereocenters. The van der Waals surface area contributed by atoms with Gasteiger partial charge in [-0.2, -0.15) is 5.26 Å². The summed E-state index contributed by atoms with van der Waals surface area (Å²) in [5, 5.41) is 11.2. The molecule has 24 heavy (non-hydrogen) atoms. The topological polar surface area (TPSA) is 73.2 Å². The first kappa shape index (κ1) is 17.1. The molecule has 0 fully saturated rings. The summed E-state index contributed by atoms with van der Waals surface area (Å²) in [6.07, 6.45) is 0. The van der Waals surface area contributed by atoms with Crippen molar-refractivity contribution in [3.05, 3.63) is 59.7 Å². The van der Waals surface area contributed by atoms with Crippen molar-refractivity contribution in [2.24, 2.45) is 0 Å². The van der Waals surface area contributed by atoms with Crippen molar-refractivity contribution in [2.45, 2.75) is 6.92 Å². The number of halogens is 2. The third-order valence-corrected chi connectivity index (χ3v) is 3.22. The van der Waals surface area contributed by atoms with Gasteiger partial charge in [0.05, 0.1) is 11.3 Å². The van der Waals surface area contributed by atoms with Crippen LogP contribution in [-0.4, -0.2) is 18.4 Å². The van der Waals surface area contributed by atoms with E-state index < -0.39 is 35.7 Å². The highest BCUT2D eigenvalue weighted by atomic mass is 19.1. The Morgan fingerprint density at radius 1 is 1.12 bits per heavy atom. The number of nitrogens with one attached hydrogen (secondary N) is 1. The number of nitrogens with zero attached hydrogens (tertiary/aromatic N) is 2. The summed E-state index contributed by atoms with van der Waals surface area (Å²) in [5.41, 5.74) is -0.131. The van der Waals surface area contributed by atoms with E-state index in [1.165, 1.54) is 25.1 Å². The molecule has 0 aliphatic heterocycles.